The summed E-state index contributed by atoms with van der Waals surface area (Å²) in [7, 11) is 2.87. The zero-order chi connectivity index (χ0) is 19.5. The van der Waals surface area contributed by atoms with Gasteiger partial charge in [-0.25, -0.2) is 0 Å². The highest BCUT2D eigenvalue weighted by molar-refractivity contribution is 5.94. The largest absolute Gasteiger partial charge is 0.497 e. The van der Waals surface area contributed by atoms with Crippen molar-refractivity contribution in [1.29, 1.82) is 0 Å². The van der Waals surface area contributed by atoms with E-state index in [4.69, 9.17) is 14.6 Å². The molecule has 0 radical (unpaired) electrons. The predicted molar refractivity (Wildman–Crippen MR) is 85.3 cm³/mol. The highest BCUT2D eigenvalue weighted by atomic mass is 19.4. The predicted octanol–water partition coefficient (Wildman–Crippen LogP) is 1.84. The van der Waals surface area contributed by atoms with Crippen LogP contribution in [0.3, 0.4) is 0 Å². The summed E-state index contributed by atoms with van der Waals surface area (Å²) in [6.07, 6.45) is -4.63. The summed E-state index contributed by atoms with van der Waals surface area (Å²) in [6.45, 7) is -1.23. The number of methoxy groups -OCH3 is 2. The van der Waals surface area contributed by atoms with Crippen LogP contribution in [-0.2, 0) is 9.59 Å². The number of carbonyl (C=O) groups excluding carboxylic acids is 1. The second-order valence-electron chi connectivity index (χ2n) is 5.90. The molecule has 1 aliphatic rings. The fourth-order valence-electron chi connectivity index (χ4n) is 2.89. The normalized spacial score (nSPS) is 20.7. The molecule has 0 aliphatic carbocycles. The van der Waals surface area contributed by atoms with Crippen molar-refractivity contribution in [2.75, 3.05) is 39.2 Å². The summed E-state index contributed by atoms with van der Waals surface area (Å²) in [4.78, 5) is 24.4. The summed E-state index contributed by atoms with van der Waals surface area (Å²) in [5, 5.41) is 11.5. The number of nitrogens with one attached hydrogen (secondary N) is 1. The number of aliphatic carboxylic acids is 1. The van der Waals surface area contributed by atoms with Gasteiger partial charge in [0.05, 0.1) is 38.3 Å². The van der Waals surface area contributed by atoms with Crippen LogP contribution in [0.4, 0.5) is 18.9 Å². The molecule has 1 heterocycles. The molecule has 0 unspecified atom stereocenters. The molecule has 7 nitrogen and oxygen atoms in total. The first kappa shape index (κ1) is 19.8. The van der Waals surface area contributed by atoms with E-state index in [1.54, 1.807) is 12.1 Å². The Balaban J connectivity index is 2.03. The Morgan fingerprint density at radius 1 is 1.27 bits per heavy atom. The van der Waals surface area contributed by atoms with E-state index < -0.39 is 36.4 Å². The van der Waals surface area contributed by atoms with Crippen molar-refractivity contribution in [3.05, 3.63) is 18.2 Å². The first-order chi connectivity index (χ1) is 12.2. The maximum atomic E-state index is 13.0. The van der Waals surface area contributed by atoms with Gasteiger partial charge in [0, 0.05) is 19.2 Å². The average Bonchev–Trinajstić information content (AvgIpc) is 2.99. The van der Waals surface area contributed by atoms with Gasteiger partial charge in [-0.15, -0.1) is 0 Å². The Labute approximate surface area is 147 Å². The van der Waals surface area contributed by atoms with E-state index >= 15 is 0 Å². The summed E-state index contributed by atoms with van der Waals surface area (Å²) in [6, 6.07) is 4.68. The molecule has 0 spiro atoms. The van der Waals surface area contributed by atoms with Crippen molar-refractivity contribution in [2.45, 2.75) is 6.18 Å². The molecule has 1 aromatic rings. The minimum absolute atomic E-state index is 0.329. The number of hydrogen-bond acceptors (Lipinski definition) is 5. The van der Waals surface area contributed by atoms with Crippen LogP contribution in [0, 0.1) is 11.8 Å². The highest BCUT2D eigenvalue weighted by Gasteiger charge is 2.52. The number of ether oxygens (including phenoxy) is 2. The molecule has 2 atom stereocenters. The lowest BCUT2D eigenvalue weighted by atomic mass is 9.96. The number of benzene rings is 1. The van der Waals surface area contributed by atoms with Crippen LogP contribution in [0.25, 0.3) is 0 Å². The summed E-state index contributed by atoms with van der Waals surface area (Å²) in [5.74, 6) is -4.83. The SMILES string of the molecule is COc1ccc(NC(=O)CN2C[C@@H](C(F)(F)F)[C@H](C(=O)O)C2)c(OC)c1. The minimum Gasteiger partial charge on any atom is -0.497 e. The number of hydrogen-bond donors (Lipinski definition) is 2. The number of halogens is 3. The van der Waals surface area contributed by atoms with E-state index in [0.717, 1.165) is 0 Å². The number of carbonyl (C=O) groups is 2. The molecule has 1 aliphatic heterocycles. The van der Waals surface area contributed by atoms with Crippen LogP contribution < -0.4 is 14.8 Å². The standard InChI is InChI=1S/C16H19F3N2O5/c1-25-9-3-4-12(13(5-9)26-2)20-14(22)8-21-6-10(15(23)24)11(7-21)16(17,18)19/h3-5,10-11H,6-8H2,1-2H3,(H,20,22)(H,23,24)/t10-,11-/m1/s1. The molecule has 26 heavy (non-hydrogen) atoms. The van der Waals surface area contributed by atoms with Gasteiger partial charge in [0.1, 0.15) is 11.5 Å². The second-order valence-corrected chi connectivity index (χ2v) is 5.90. The van der Waals surface area contributed by atoms with Crippen molar-refractivity contribution in [1.82, 2.24) is 4.90 Å². The Morgan fingerprint density at radius 3 is 2.46 bits per heavy atom. The summed E-state index contributed by atoms with van der Waals surface area (Å²) >= 11 is 0. The molecule has 1 saturated heterocycles. The van der Waals surface area contributed by atoms with Gasteiger partial charge in [-0.3, -0.25) is 14.5 Å². The van der Waals surface area contributed by atoms with E-state index in [1.807, 2.05) is 0 Å². The van der Waals surface area contributed by atoms with Gasteiger partial charge in [0.2, 0.25) is 5.91 Å². The molecule has 144 valence electrons. The maximum absolute atomic E-state index is 13.0. The van der Waals surface area contributed by atoms with Crippen LogP contribution >= 0.6 is 0 Å². The van der Waals surface area contributed by atoms with Crippen molar-refractivity contribution < 1.29 is 37.3 Å². The molecule has 1 fully saturated rings. The second kappa shape index (κ2) is 7.81. The molecular formula is C16H19F3N2O5. The van der Waals surface area contributed by atoms with Crippen LogP contribution in [-0.4, -0.2) is 61.9 Å². The van der Waals surface area contributed by atoms with E-state index in [2.05, 4.69) is 5.32 Å². The first-order valence-electron chi connectivity index (χ1n) is 7.69. The summed E-state index contributed by atoms with van der Waals surface area (Å²) < 4.78 is 49.1. The van der Waals surface area contributed by atoms with Crippen molar-refractivity contribution >= 4 is 17.6 Å². The lowest BCUT2D eigenvalue weighted by molar-refractivity contribution is -0.188. The fourth-order valence-corrected chi connectivity index (χ4v) is 2.89. The molecule has 0 aromatic heterocycles. The molecule has 1 aromatic carbocycles. The average molecular weight is 376 g/mol. The molecule has 0 saturated carbocycles. The quantitative estimate of drug-likeness (QED) is 0.788. The zero-order valence-electron chi connectivity index (χ0n) is 14.2. The minimum atomic E-state index is -4.63. The van der Waals surface area contributed by atoms with Crippen molar-refractivity contribution in [2.24, 2.45) is 11.8 Å². The van der Waals surface area contributed by atoms with Gasteiger partial charge in [-0.05, 0) is 12.1 Å². The third-order valence-corrected chi connectivity index (χ3v) is 4.18. The number of rotatable bonds is 6. The first-order valence-corrected chi connectivity index (χ1v) is 7.69. The highest BCUT2D eigenvalue weighted by Crippen LogP contribution is 2.37. The third-order valence-electron chi connectivity index (χ3n) is 4.18. The lowest BCUT2D eigenvalue weighted by Crippen LogP contribution is -2.34. The summed E-state index contributed by atoms with van der Waals surface area (Å²) in [5.41, 5.74) is 0.333. The fraction of sp³-hybridized carbons (Fsp3) is 0.500. The Morgan fingerprint density at radius 2 is 1.96 bits per heavy atom. The Kier molecular flexibility index (Phi) is 5.96. The number of likely N-dealkylation sites (tertiary alicyclic amines) is 1. The van der Waals surface area contributed by atoms with Gasteiger partial charge in [-0.1, -0.05) is 0 Å². The van der Waals surface area contributed by atoms with E-state index in [-0.39, 0.29) is 13.1 Å². The van der Waals surface area contributed by atoms with Gasteiger partial charge in [0.25, 0.3) is 0 Å². The molecule has 2 rings (SSSR count). The van der Waals surface area contributed by atoms with Crippen molar-refractivity contribution in [3.63, 3.8) is 0 Å². The third kappa shape index (κ3) is 4.57. The molecule has 2 N–H and O–H groups in total. The van der Waals surface area contributed by atoms with Crippen LogP contribution in [0.1, 0.15) is 0 Å². The molecular weight excluding hydrogens is 357 g/mol. The van der Waals surface area contributed by atoms with Gasteiger partial charge in [0.15, 0.2) is 0 Å². The monoisotopic (exact) mass is 376 g/mol. The number of carboxylic acid groups (broad SMARTS) is 1. The maximum Gasteiger partial charge on any atom is 0.393 e. The van der Waals surface area contributed by atoms with E-state index in [9.17, 15) is 22.8 Å². The topological polar surface area (TPSA) is 88.1 Å². The smallest absolute Gasteiger partial charge is 0.393 e. The Bertz CT molecular complexity index is 680. The van der Waals surface area contributed by atoms with Crippen molar-refractivity contribution in [3.8, 4) is 11.5 Å². The molecule has 0 bridgehead atoms. The van der Waals surface area contributed by atoms with Crippen LogP contribution in [0.2, 0.25) is 0 Å². The molecule has 10 heteroatoms. The Hall–Kier alpha value is -2.49. The van der Waals surface area contributed by atoms with Crippen LogP contribution in [0.5, 0.6) is 11.5 Å². The zero-order valence-corrected chi connectivity index (χ0v) is 14.2. The number of nitrogens with zero attached hydrogens (tertiary/aromatic N) is 1. The number of carboxylic acids is 1. The van der Waals surface area contributed by atoms with Gasteiger partial charge >= 0.3 is 12.1 Å². The lowest BCUT2D eigenvalue weighted by Gasteiger charge is -2.18. The number of amides is 1. The number of anilines is 1. The van der Waals surface area contributed by atoms with E-state index in [0.29, 0.717) is 17.2 Å². The van der Waals surface area contributed by atoms with E-state index in [1.165, 1.54) is 25.2 Å². The van der Waals surface area contributed by atoms with Gasteiger partial charge < -0.3 is 19.9 Å². The molecule has 1 amide bonds. The van der Waals surface area contributed by atoms with Crippen LogP contribution in [0.15, 0.2) is 18.2 Å². The van der Waals surface area contributed by atoms with Gasteiger partial charge in [-0.2, -0.15) is 13.2 Å². The number of alkyl halides is 3.